The minimum Gasteiger partial charge on any atom is -0.394 e. The van der Waals surface area contributed by atoms with Gasteiger partial charge in [0.1, 0.15) is 91.5 Å². The molecule has 0 unspecified atom stereocenters. The molecule has 0 aromatic carbocycles. The molecular formula is C26H45NO20. The van der Waals surface area contributed by atoms with Gasteiger partial charge in [-0.3, -0.25) is 4.79 Å². The highest BCUT2D eigenvalue weighted by Crippen LogP contribution is 2.35. The topological polar surface area (TPSA) is 336 Å². The molecule has 0 aromatic heterocycles. The number of rotatable bonds is 10. The van der Waals surface area contributed by atoms with E-state index < -0.39 is 148 Å². The number of ether oxygens (including phenoxy) is 7. The summed E-state index contributed by atoms with van der Waals surface area (Å²) in [7, 11) is 0. The number of amides is 1. The van der Waals surface area contributed by atoms with Crippen molar-refractivity contribution in [2.75, 3.05) is 19.8 Å². The van der Waals surface area contributed by atoms with Gasteiger partial charge >= 0.3 is 0 Å². The molecule has 47 heavy (non-hydrogen) atoms. The molecule has 21 nitrogen and oxygen atoms in total. The molecule has 0 radical (unpaired) electrons. The lowest BCUT2D eigenvalue weighted by molar-refractivity contribution is -0.398. The highest BCUT2D eigenvalue weighted by atomic mass is 16.8. The van der Waals surface area contributed by atoms with Crippen molar-refractivity contribution in [2.45, 2.75) is 137 Å². The fourth-order valence-corrected chi connectivity index (χ4v) is 5.85. The zero-order valence-electron chi connectivity index (χ0n) is 25.3. The Bertz CT molecular complexity index is 1010. The number of hydrogen-bond donors (Lipinski definition) is 13. The van der Waals surface area contributed by atoms with Gasteiger partial charge in [0.15, 0.2) is 25.2 Å². The molecule has 21 heteroatoms. The largest absolute Gasteiger partial charge is 0.394 e. The predicted molar refractivity (Wildman–Crippen MR) is 144 cm³/mol. The molecule has 4 rings (SSSR count). The van der Waals surface area contributed by atoms with E-state index in [1.54, 1.807) is 0 Å². The van der Waals surface area contributed by atoms with E-state index >= 15 is 0 Å². The summed E-state index contributed by atoms with van der Waals surface area (Å²) in [6.45, 7) is -0.0491. The van der Waals surface area contributed by atoms with Crippen molar-refractivity contribution in [3.8, 4) is 0 Å². The van der Waals surface area contributed by atoms with Crippen LogP contribution in [0.2, 0.25) is 0 Å². The standard InChI is InChI=1S/C26H45NO20/c1-6-12(32)17(37)21(46-24-19(39)16(36)13(33)8(3-28)43-24)25(41-6)47-22-18(38)14(34)9(4-29)44-26(22)45-20-11(27-7(2)31)23(40)42-10(5-30)15(20)35/h6,8-26,28-30,32-40H,3-5H2,1-2H3,(H,27,31)/t6-,8+,9+,10+,11+,12+,13+,14+,15+,16-,17+,18-,19-,20+,21-,22+,23+,24+,25-,26-/m0/s1. The molecule has 0 bridgehead atoms. The smallest absolute Gasteiger partial charge is 0.217 e. The second-order valence-electron chi connectivity index (χ2n) is 11.9. The first-order valence-electron chi connectivity index (χ1n) is 15.0. The van der Waals surface area contributed by atoms with Crippen LogP contribution in [0.3, 0.4) is 0 Å². The molecule has 4 aliphatic heterocycles. The molecule has 13 N–H and O–H groups in total. The molecule has 20 atom stereocenters. The first kappa shape index (κ1) is 38.5. The van der Waals surface area contributed by atoms with Crippen LogP contribution in [0.25, 0.3) is 0 Å². The van der Waals surface area contributed by atoms with Crippen LogP contribution in [0, 0.1) is 0 Å². The molecule has 0 aromatic rings. The number of carbonyl (C=O) groups excluding carboxylic acids is 1. The number of carbonyl (C=O) groups is 1. The average molecular weight is 692 g/mol. The molecule has 4 heterocycles. The number of hydrogen-bond acceptors (Lipinski definition) is 20. The Morgan fingerprint density at radius 1 is 0.553 bits per heavy atom. The van der Waals surface area contributed by atoms with Crippen LogP contribution < -0.4 is 5.32 Å². The third kappa shape index (κ3) is 8.04. The zero-order valence-corrected chi connectivity index (χ0v) is 25.3. The van der Waals surface area contributed by atoms with E-state index in [0.717, 1.165) is 6.92 Å². The number of nitrogens with one attached hydrogen (secondary N) is 1. The van der Waals surface area contributed by atoms with Crippen molar-refractivity contribution in [3.05, 3.63) is 0 Å². The Hall–Kier alpha value is -1.29. The van der Waals surface area contributed by atoms with Crippen molar-refractivity contribution in [2.24, 2.45) is 0 Å². The van der Waals surface area contributed by atoms with Gasteiger partial charge in [-0.05, 0) is 6.92 Å². The third-order valence-electron chi connectivity index (χ3n) is 8.57. The molecule has 4 fully saturated rings. The lowest BCUT2D eigenvalue weighted by atomic mass is 9.95. The van der Waals surface area contributed by atoms with Gasteiger partial charge in [0, 0.05) is 6.92 Å². The Balaban J connectivity index is 1.64. The molecule has 0 saturated carbocycles. The summed E-state index contributed by atoms with van der Waals surface area (Å²) in [5, 5.41) is 127. The van der Waals surface area contributed by atoms with Gasteiger partial charge in [0.05, 0.1) is 25.9 Å². The van der Waals surface area contributed by atoms with Crippen LogP contribution in [-0.2, 0) is 38.0 Å². The average Bonchev–Trinajstić information content (AvgIpc) is 3.03. The molecule has 274 valence electrons. The molecule has 0 spiro atoms. The van der Waals surface area contributed by atoms with E-state index in [1.165, 1.54) is 6.92 Å². The Labute approximate surface area is 267 Å². The molecule has 4 aliphatic rings. The van der Waals surface area contributed by atoms with Crippen molar-refractivity contribution in [1.29, 1.82) is 0 Å². The second-order valence-corrected chi connectivity index (χ2v) is 11.9. The van der Waals surface area contributed by atoms with E-state index in [4.69, 9.17) is 33.2 Å². The van der Waals surface area contributed by atoms with Gasteiger partial charge in [-0.25, -0.2) is 0 Å². The minimum absolute atomic E-state index is 0.688. The monoisotopic (exact) mass is 691 g/mol. The van der Waals surface area contributed by atoms with Crippen molar-refractivity contribution >= 4 is 5.91 Å². The maximum Gasteiger partial charge on any atom is 0.217 e. The Morgan fingerprint density at radius 3 is 1.55 bits per heavy atom. The van der Waals surface area contributed by atoms with Crippen molar-refractivity contribution < 1.29 is 99.2 Å². The summed E-state index contributed by atoms with van der Waals surface area (Å²) in [5.74, 6) is -0.688. The predicted octanol–water partition coefficient (Wildman–Crippen LogP) is -8.58. The van der Waals surface area contributed by atoms with Gasteiger partial charge in [-0.1, -0.05) is 0 Å². The van der Waals surface area contributed by atoms with Crippen LogP contribution in [-0.4, -0.2) is 210 Å². The summed E-state index contributed by atoms with van der Waals surface area (Å²) in [6, 6.07) is -1.49. The summed E-state index contributed by atoms with van der Waals surface area (Å²) in [6.07, 6.45) is -32.9. The normalized spacial score (nSPS) is 51.0. The van der Waals surface area contributed by atoms with Gasteiger partial charge in [-0.2, -0.15) is 0 Å². The van der Waals surface area contributed by atoms with E-state index in [9.17, 15) is 66.1 Å². The Morgan fingerprint density at radius 2 is 1.00 bits per heavy atom. The van der Waals surface area contributed by atoms with Crippen molar-refractivity contribution in [3.63, 3.8) is 0 Å². The zero-order chi connectivity index (χ0) is 34.9. The van der Waals surface area contributed by atoms with Crippen molar-refractivity contribution in [1.82, 2.24) is 5.32 Å². The van der Waals surface area contributed by atoms with Crippen LogP contribution in [0.1, 0.15) is 13.8 Å². The minimum atomic E-state index is -1.98. The lowest BCUT2D eigenvalue weighted by Crippen LogP contribution is -2.69. The molecule has 0 aliphatic carbocycles. The summed E-state index contributed by atoms with van der Waals surface area (Å²) in [4.78, 5) is 11.9. The van der Waals surface area contributed by atoms with E-state index in [1.807, 2.05) is 0 Å². The Kier molecular flexibility index (Phi) is 13.2. The molecular weight excluding hydrogens is 646 g/mol. The van der Waals surface area contributed by atoms with Crippen LogP contribution >= 0.6 is 0 Å². The van der Waals surface area contributed by atoms with Gasteiger partial charge in [0.25, 0.3) is 0 Å². The quantitative estimate of drug-likeness (QED) is 0.101. The SMILES string of the molecule is CC(=O)N[C@@H]1[C@@H](O[C@@H]2O[C@H](CO)[C@@H](O)[C@H](O)[C@H]2O[C@@H]2O[C@@H](C)[C@@H](O)[C@@H](O)[C@@H]2O[C@H]2O[C@H](CO)[C@@H](O)[C@H](O)[C@@H]2O)[C@H](O)[C@@H](CO)O[C@H]1O. The molecule has 4 saturated heterocycles. The third-order valence-corrected chi connectivity index (χ3v) is 8.57. The van der Waals surface area contributed by atoms with Crippen LogP contribution in [0.15, 0.2) is 0 Å². The summed E-state index contributed by atoms with van der Waals surface area (Å²) in [5.41, 5.74) is 0. The van der Waals surface area contributed by atoms with Crippen LogP contribution in [0.5, 0.6) is 0 Å². The molecule has 1 amide bonds. The lowest BCUT2D eigenvalue weighted by Gasteiger charge is -2.49. The highest BCUT2D eigenvalue weighted by molar-refractivity contribution is 5.73. The number of aliphatic hydroxyl groups is 12. The van der Waals surface area contributed by atoms with Crippen LogP contribution in [0.4, 0.5) is 0 Å². The van der Waals surface area contributed by atoms with E-state index in [0.29, 0.717) is 0 Å². The van der Waals surface area contributed by atoms with E-state index in [-0.39, 0.29) is 0 Å². The summed E-state index contributed by atoms with van der Waals surface area (Å²) >= 11 is 0. The first-order valence-corrected chi connectivity index (χ1v) is 15.0. The summed E-state index contributed by atoms with van der Waals surface area (Å²) < 4.78 is 39.2. The van der Waals surface area contributed by atoms with Gasteiger partial charge < -0.3 is 99.8 Å². The van der Waals surface area contributed by atoms with Gasteiger partial charge in [0.2, 0.25) is 5.91 Å². The first-order chi connectivity index (χ1) is 22.1. The maximum absolute atomic E-state index is 11.9. The fraction of sp³-hybridized carbons (Fsp3) is 0.962. The number of aliphatic hydroxyl groups excluding tert-OH is 12. The highest BCUT2D eigenvalue weighted by Gasteiger charge is 2.55. The second kappa shape index (κ2) is 16.2. The van der Waals surface area contributed by atoms with Gasteiger partial charge in [-0.15, -0.1) is 0 Å². The van der Waals surface area contributed by atoms with E-state index in [2.05, 4.69) is 5.32 Å². The maximum atomic E-state index is 11.9. The fourth-order valence-electron chi connectivity index (χ4n) is 5.85.